The number of carbonyl (C=O) groups is 1. The van der Waals surface area contributed by atoms with Crippen LogP contribution in [0.2, 0.25) is 15.1 Å². The van der Waals surface area contributed by atoms with Crippen LogP contribution in [0.25, 0.3) is 11.4 Å². The van der Waals surface area contributed by atoms with Crippen molar-refractivity contribution in [3.8, 4) is 11.4 Å². The molecule has 6 nitrogen and oxygen atoms in total. The van der Waals surface area contributed by atoms with Gasteiger partial charge in [-0.2, -0.15) is 4.98 Å². The zero-order chi connectivity index (χ0) is 22.0. The number of amides is 1. The van der Waals surface area contributed by atoms with Crippen LogP contribution in [0, 0.1) is 12.8 Å². The summed E-state index contributed by atoms with van der Waals surface area (Å²) >= 11 is 18.2. The Morgan fingerprint density at radius 3 is 2.58 bits per heavy atom. The van der Waals surface area contributed by atoms with Crippen LogP contribution >= 0.6 is 34.8 Å². The fourth-order valence-corrected chi connectivity index (χ4v) is 4.27. The number of nitrogens with zero attached hydrogens (tertiary/aromatic N) is 3. The summed E-state index contributed by atoms with van der Waals surface area (Å²) in [6.45, 7) is 4.02. The van der Waals surface area contributed by atoms with Crippen molar-refractivity contribution in [2.75, 3.05) is 18.4 Å². The number of hydrogen-bond donors (Lipinski definition) is 1. The third kappa shape index (κ3) is 5.39. The van der Waals surface area contributed by atoms with Crippen molar-refractivity contribution in [1.29, 1.82) is 0 Å². The minimum Gasteiger partial charge on any atom is -0.338 e. The molecule has 2 aromatic carbocycles. The Bertz CT molecular complexity index is 1090. The average Bonchev–Trinajstić information content (AvgIpc) is 3.19. The highest BCUT2D eigenvalue weighted by Crippen LogP contribution is 2.29. The maximum Gasteiger partial charge on any atom is 0.241 e. The number of anilines is 1. The van der Waals surface area contributed by atoms with Crippen molar-refractivity contribution in [1.82, 2.24) is 15.0 Å². The van der Waals surface area contributed by atoms with Gasteiger partial charge in [-0.3, -0.25) is 9.69 Å². The Morgan fingerprint density at radius 1 is 1.13 bits per heavy atom. The van der Waals surface area contributed by atoms with Gasteiger partial charge >= 0.3 is 0 Å². The molecule has 1 amide bonds. The van der Waals surface area contributed by atoms with E-state index in [0.717, 1.165) is 37.2 Å². The summed E-state index contributed by atoms with van der Waals surface area (Å²) in [7, 11) is 0. The van der Waals surface area contributed by atoms with Crippen LogP contribution in [0.5, 0.6) is 0 Å². The Hall–Kier alpha value is -2.12. The van der Waals surface area contributed by atoms with Crippen molar-refractivity contribution in [2.24, 2.45) is 5.92 Å². The van der Waals surface area contributed by atoms with Gasteiger partial charge in [0.15, 0.2) is 0 Å². The number of hydrogen-bond acceptors (Lipinski definition) is 5. The summed E-state index contributed by atoms with van der Waals surface area (Å²) in [6.07, 6.45) is 1.52. The van der Waals surface area contributed by atoms with Crippen molar-refractivity contribution >= 4 is 46.4 Å². The van der Waals surface area contributed by atoms with E-state index in [9.17, 15) is 4.79 Å². The lowest BCUT2D eigenvalue weighted by molar-refractivity contribution is -0.121. The van der Waals surface area contributed by atoms with E-state index in [0.29, 0.717) is 38.9 Å². The third-order valence-electron chi connectivity index (χ3n) is 5.41. The number of aryl methyl sites for hydroxylation is 1. The predicted octanol–water partition coefficient (Wildman–Crippen LogP) is 5.86. The quantitative estimate of drug-likeness (QED) is 0.496. The SMILES string of the molecule is Cc1ccc(Cl)cc1NC(=O)C1CCN(Cc2nc(-c3ccc(Cl)cc3Cl)no2)CC1. The second-order valence-corrected chi connectivity index (χ2v) is 8.91. The van der Waals surface area contributed by atoms with Gasteiger partial charge in [0.05, 0.1) is 11.6 Å². The van der Waals surface area contributed by atoms with Crippen LogP contribution in [0.15, 0.2) is 40.9 Å². The molecule has 0 saturated carbocycles. The summed E-state index contributed by atoms with van der Waals surface area (Å²) in [4.78, 5) is 19.3. The fourth-order valence-electron chi connectivity index (χ4n) is 3.61. The topological polar surface area (TPSA) is 71.3 Å². The normalized spacial score (nSPS) is 15.2. The summed E-state index contributed by atoms with van der Waals surface area (Å²) in [5, 5.41) is 8.67. The van der Waals surface area contributed by atoms with E-state index in [4.69, 9.17) is 39.3 Å². The number of aromatic nitrogens is 2. The molecule has 0 atom stereocenters. The monoisotopic (exact) mass is 478 g/mol. The maximum absolute atomic E-state index is 12.7. The van der Waals surface area contributed by atoms with E-state index >= 15 is 0 Å². The lowest BCUT2D eigenvalue weighted by atomic mass is 9.95. The molecule has 1 aliphatic heterocycles. The number of carbonyl (C=O) groups excluding carboxylic acids is 1. The van der Waals surface area contributed by atoms with E-state index in [-0.39, 0.29) is 11.8 Å². The smallest absolute Gasteiger partial charge is 0.241 e. The molecular formula is C22H21Cl3N4O2. The standard InChI is InChI=1S/C22H21Cl3N4O2/c1-13-2-3-16(24)11-19(13)26-22(30)14-6-8-29(9-7-14)12-20-27-21(28-31-20)17-5-4-15(23)10-18(17)25/h2-5,10-11,14H,6-9,12H2,1H3,(H,26,30). The van der Waals surface area contributed by atoms with E-state index in [1.54, 1.807) is 24.3 Å². The van der Waals surface area contributed by atoms with Gasteiger partial charge in [-0.1, -0.05) is 46.0 Å². The van der Waals surface area contributed by atoms with E-state index in [1.807, 2.05) is 19.1 Å². The Kier molecular flexibility index (Phi) is 6.82. The minimum atomic E-state index is -0.0410. The molecule has 0 spiro atoms. The third-order valence-corrected chi connectivity index (χ3v) is 6.20. The Balaban J connectivity index is 1.32. The van der Waals surface area contributed by atoms with Crippen molar-refractivity contribution < 1.29 is 9.32 Å². The first kappa shape index (κ1) is 22.1. The average molecular weight is 480 g/mol. The molecule has 9 heteroatoms. The molecular weight excluding hydrogens is 459 g/mol. The number of piperidine rings is 1. The van der Waals surface area contributed by atoms with Crippen LogP contribution < -0.4 is 5.32 Å². The van der Waals surface area contributed by atoms with Crippen molar-refractivity contribution in [3.05, 3.63) is 62.9 Å². The van der Waals surface area contributed by atoms with Gasteiger partial charge in [-0.25, -0.2) is 0 Å². The van der Waals surface area contributed by atoms with Gasteiger partial charge in [0.25, 0.3) is 0 Å². The number of rotatable bonds is 5. The van der Waals surface area contributed by atoms with Gasteiger partial charge in [-0.05, 0) is 68.8 Å². The first-order valence-electron chi connectivity index (χ1n) is 9.96. The number of halogens is 3. The van der Waals surface area contributed by atoms with Gasteiger partial charge < -0.3 is 9.84 Å². The van der Waals surface area contributed by atoms with Crippen LogP contribution in [0.3, 0.4) is 0 Å². The highest BCUT2D eigenvalue weighted by atomic mass is 35.5. The fraction of sp³-hybridized carbons (Fsp3) is 0.318. The lowest BCUT2D eigenvalue weighted by Gasteiger charge is -2.30. The van der Waals surface area contributed by atoms with Crippen LogP contribution in [0.4, 0.5) is 5.69 Å². The lowest BCUT2D eigenvalue weighted by Crippen LogP contribution is -2.37. The Labute approximate surface area is 195 Å². The molecule has 0 bridgehead atoms. The van der Waals surface area contributed by atoms with Crippen LogP contribution in [-0.2, 0) is 11.3 Å². The van der Waals surface area contributed by atoms with Gasteiger partial charge in [0.2, 0.25) is 17.6 Å². The van der Waals surface area contributed by atoms with Gasteiger partial charge in [0.1, 0.15) is 0 Å². The van der Waals surface area contributed by atoms with Crippen molar-refractivity contribution in [3.63, 3.8) is 0 Å². The minimum absolute atomic E-state index is 0.0301. The van der Waals surface area contributed by atoms with E-state index in [2.05, 4.69) is 20.4 Å². The molecule has 3 aromatic rings. The molecule has 0 unspecified atom stereocenters. The first-order valence-corrected chi connectivity index (χ1v) is 11.1. The van der Waals surface area contributed by atoms with Crippen LogP contribution in [-0.4, -0.2) is 34.0 Å². The molecule has 1 saturated heterocycles. The molecule has 1 N–H and O–H groups in total. The maximum atomic E-state index is 12.7. The molecule has 2 heterocycles. The molecule has 0 aliphatic carbocycles. The summed E-state index contributed by atoms with van der Waals surface area (Å²) in [5.74, 6) is 0.935. The van der Waals surface area contributed by atoms with Gasteiger partial charge in [-0.15, -0.1) is 0 Å². The summed E-state index contributed by atoms with van der Waals surface area (Å²) in [5.41, 5.74) is 2.43. The number of benzene rings is 2. The predicted molar refractivity (Wildman–Crippen MR) is 123 cm³/mol. The second kappa shape index (κ2) is 9.57. The number of likely N-dealkylation sites (tertiary alicyclic amines) is 1. The molecule has 1 fully saturated rings. The molecule has 1 aliphatic rings. The second-order valence-electron chi connectivity index (χ2n) is 7.63. The zero-order valence-electron chi connectivity index (χ0n) is 16.9. The first-order chi connectivity index (χ1) is 14.9. The van der Waals surface area contributed by atoms with Crippen LogP contribution in [0.1, 0.15) is 24.3 Å². The van der Waals surface area contributed by atoms with Crippen molar-refractivity contribution in [2.45, 2.75) is 26.3 Å². The highest BCUT2D eigenvalue weighted by molar-refractivity contribution is 6.36. The molecule has 31 heavy (non-hydrogen) atoms. The highest BCUT2D eigenvalue weighted by Gasteiger charge is 2.26. The zero-order valence-corrected chi connectivity index (χ0v) is 19.1. The largest absolute Gasteiger partial charge is 0.338 e. The van der Waals surface area contributed by atoms with E-state index in [1.165, 1.54) is 0 Å². The Morgan fingerprint density at radius 2 is 1.84 bits per heavy atom. The summed E-state index contributed by atoms with van der Waals surface area (Å²) < 4.78 is 5.40. The van der Waals surface area contributed by atoms with Gasteiger partial charge in [0, 0.05) is 27.2 Å². The molecule has 0 radical (unpaired) electrons. The molecule has 162 valence electrons. The summed E-state index contributed by atoms with van der Waals surface area (Å²) in [6, 6.07) is 10.6. The molecule has 4 rings (SSSR count). The molecule has 1 aromatic heterocycles. The number of nitrogens with one attached hydrogen (secondary N) is 1. The van der Waals surface area contributed by atoms with E-state index < -0.39 is 0 Å².